The second-order valence-electron chi connectivity index (χ2n) is 6.58. The summed E-state index contributed by atoms with van der Waals surface area (Å²) < 4.78 is 9.58. The quantitative estimate of drug-likeness (QED) is 0.328. The van der Waals surface area contributed by atoms with Gasteiger partial charge in [-0.1, -0.05) is 0 Å². The molecule has 0 unspecified atom stereocenters. The van der Waals surface area contributed by atoms with Gasteiger partial charge in [-0.25, -0.2) is 0 Å². The van der Waals surface area contributed by atoms with Gasteiger partial charge in [0.15, 0.2) is 0 Å². The van der Waals surface area contributed by atoms with Crippen LogP contribution in [0.5, 0.6) is 0 Å². The van der Waals surface area contributed by atoms with E-state index in [1.807, 2.05) is 0 Å². The van der Waals surface area contributed by atoms with Crippen LogP contribution in [0.1, 0.15) is 52.4 Å². The van der Waals surface area contributed by atoms with Crippen LogP contribution in [0.4, 0.5) is 0 Å². The Morgan fingerprint density at radius 1 is 0.706 bits per heavy atom. The van der Waals surface area contributed by atoms with Gasteiger partial charge in [0.25, 0.3) is 0 Å². The standard InChI is InChI=1S/2C5H11.4CH3.O.2Ti/c2*1-3-5-4-2;;;;;;;/h2*1,3-5H2,2H3;4*1H3;;;. The zero-order valence-electron chi connectivity index (χ0n) is 13.1. The van der Waals surface area contributed by atoms with Gasteiger partial charge in [-0.2, -0.15) is 0 Å². The van der Waals surface area contributed by atoms with Crippen LogP contribution in [0.3, 0.4) is 0 Å². The van der Waals surface area contributed by atoms with Crippen LogP contribution in [0.25, 0.3) is 0 Å². The van der Waals surface area contributed by atoms with E-state index in [2.05, 4.69) is 34.8 Å². The third-order valence-corrected chi connectivity index (χ3v) is 16.4. The monoisotopic (exact) mass is 314 g/mol. The van der Waals surface area contributed by atoms with Gasteiger partial charge in [0.05, 0.1) is 0 Å². The predicted molar refractivity (Wildman–Crippen MR) is 73.2 cm³/mol. The van der Waals surface area contributed by atoms with Crippen molar-refractivity contribution in [1.29, 1.82) is 0 Å². The molecular formula is C14H34OTi2. The molecule has 0 saturated carbocycles. The summed E-state index contributed by atoms with van der Waals surface area (Å²) in [4.78, 5) is 0. The van der Waals surface area contributed by atoms with E-state index in [0.717, 1.165) is 0 Å². The van der Waals surface area contributed by atoms with Gasteiger partial charge in [-0.05, 0) is 0 Å². The van der Waals surface area contributed by atoms with Gasteiger partial charge in [-0.15, -0.1) is 0 Å². The molecular weight excluding hydrogens is 280 g/mol. The second-order valence-corrected chi connectivity index (χ2v) is 20.9. The number of unbranched alkanes of at least 4 members (excludes halogenated alkanes) is 4. The SMILES string of the molecule is CCCC[CH2][Ti]([CH3])([CH2]CCCC)[O][Ti]([CH3])([CH3])[CH3]. The molecule has 0 spiro atoms. The Kier molecular flexibility index (Phi) is 10.1. The van der Waals surface area contributed by atoms with E-state index in [1.165, 1.54) is 48.0 Å². The first kappa shape index (κ1) is 18.4. The van der Waals surface area contributed by atoms with Crippen molar-refractivity contribution in [3.63, 3.8) is 0 Å². The molecule has 0 radical (unpaired) electrons. The van der Waals surface area contributed by atoms with Gasteiger partial charge in [0, 0.05) is 0 Å². The summed E-state index contributed by atoms with van der Waals surface area (Å²) in [5.74, 6) is 0. The molecule has 0 atom stereocenters. The first-order valence-electron chi connectivity index (χ1n) is 7.53. The fourth-order valence-electron chi connectivity index (χ4n) is 2.46. The summed E-state index contributed by atoms with van der Waals surface area (Å²) in [7, 11) is 0. The summed E-state index contributed by atoms with van der Waals surface area (Å²) in [6.45, 7) is 4.59. The zero-order valence-corrected chi connectivity index (χ0v) is 16.2. The third-order valence-electron chi connectivity index (χ3n) is 3.17. The van der Waals surface area contributed by atoms with E-state index >= 15 is 0 Å². The molecule has 0 bridgehead atoms. The summed E-state index contributed by atoms with van der Waals surface area (Å²) in [5.41, 5.74) is 0. The molecule has 0 rings (SSSR count). The van der Waals surface area contributed by atoms with Crippen LogP contribution < -0.4 is 0 Å². The molecule has 0 saturated heterocycles. The van der Waals surface area contributed by atoms with Gasteiger partial charge in [0.2, 0.25) is 0 Å². The van der Waals surface area contributed by atoms with E-state index in [0.29, 0.717) is 0 Å². The van der Waals surface area contributed by atoms with Crippen molar-refractivity contribution < 1.29 is 35.9 Å². The van der Waals surface area contributed by atoms with Crippen LogP contribution in [-0.4, -0.2) is 0 Å². The Balaban J connectivity index is 4.24. The average Bonchev–Trinajstić information content (AvgIpc) is 2.15. The molecule has 3 heteroatoms. The van der Waals surface area contributed by atoms with Crippen LogP contribution in [0.15, 0.2) is 0 Å². The van der Waals surface area contributed by atoms with Crippen molar-refractivity contribution in [2.45, 2.75) is 82.7 Å². The Hall–Kier alpha value is 1.39. The third kappa shape index (κ3) is 11.0. The molecule has 0 aromatic rings. The molecule has 0 heterocycles. The van der Waals surface area contributed by atoms with E-state index in [4.69, 9.17) is 1.90 Å². The number of hydrogen-bond donors (Lipinski definition) is 0. The molecule has 0 aliphatic heterocycles. The van der Waals surface area contributed by atoms with E-state index in [-0.39, 0.29) is 0 Å². The number of rotatable bonds is 10. The van der Waals surface area contributed by atoms with Gasteiger partial charge in [-0.3, -0.25) is 0 Å². The zero-order chi connectivity index (χ0) is 13.4. The average molecular weight is 314 g/mol. The molecule has 0 N–H and O–H groups in total. The van der Waals surface area contributed by atoms with Crippen molar-refractivity contribution in [3.05, 3.63) is 0 Å². The molecule has 0 fully saturated rings. The number of hydrogen-bond acceptors (Lipinski definition) is 1. The Labute approximate surface area is 118 Å². The molecule has 0 aliphatic carbocycles. The maximum absolute atomic E-state index is 6.69. The van der Waals surface area contributed by atoms with E-state index < -0.39 is 34.0 Å². The van der Waals surface area contributed by atoms with Crippen LogP contribution >= 0.6 is 0 Å². The van der Waals surface area contributed by atoms with Crippen LogP contribution in [-0.2, 0) is 35.9 Å². The Morgan fingerprint density at radius 2 is 1.12 bits per heavy atom. The van der Waals surface area contributed by atoms with Crippen molar-refractivity contribution in [3.8, 4) is 0 Å². The van der Waals surface area contributed by atoms with Gasteiger partial charge < -0.3 is 0 Å². The fraction of sp³-hybridized carbons (Fsp3) is 1.00. The van der Waals surface area contributed by atoms with E-state index in [1.54, 1.807) is 0 Å². The topological polar surface area (TPSA) is 9.23 Å². The van der Waals surface area contributed by atoms with Gasteiger partial charge >= 0.3 is 119 Å². The van der Waals surface area contributed by atoms with Crippen molar-refractivity contribution in [1.82, 2.24) is 0 Å². The predicted octanol–water partition coefficient (Wildman–Crippen LogP) is 6.55. The molecule has 0 aromatic carbocycles. The van der Waals surface area contributed by atoms with Gasteiger partial charge in [0.1, 0.15) is 0 Å². The summed E-state index contributed by atoms with van der Waals surface area (Å²) in [5, 5.41) is 9.76. The minimum atomic E-state index is -1.92. The summed E-state index contributed by atoms with van der Waals surface area (Å²) in [6, 6.07) is 0. The molecule has 17 heavy (non-hydrogen) atoms. The first-order chi connectivity index (χ1) is 7.83. The minimum absolute atomic E-state index is 1.34. The summed E-state index contributed by atoms with van der Waals surface area (Å²) in [6.07, 6.45) is 8.30. The first-order valence-corrected chi connectivity index (χ1v) is 17.3. The molecule has 104 valence electrons. The Bertz CT molecular complexity index is 177. The van der Waals surface area contributed by atoms with Crippen molar-refractivity contribution in [2.75, 3.05) is 0 Å². The Morgan fingerprint density at radius 3 is 1.41 bits per heavy atom. The van der Waals surface area contributed by atoms with E-state index in [9.17, 15) is 0 Å². The van der Waals surface area contributed by atoms with Crippen LogP contribution in [0.2, 0.25) is 30.4 Å². The second kappa shape index (κ2) is 9.32. The molecule has 0 aliphatic rings. The maximum atomic E-state index is 6.69. The molecule has 1 nitrogen and oxygen atoms in total. The van der Waals surface area contributed by atoms with Crippen molar-refractivity contribution in [2.24, 2.45) is 0 Å². The summed E-state index contributed by atoms with van der Waals surface area (Å²) >= 11 is -3.73. The van der Waals surface area contributed by atoms with Crippen molar-refractivity contribution >= 4 is 0 Å². The van der Waals surface area contributed by atoms with Crippen LogP contribution in [0, 0.1) is 0 Å². The molecule has 0 aromatic heterocycles. The fourth-order valence-corrected chi connectivity index (χ4v) is 19.4. The normalized spacial score (nSPS) is 13.1. The molecule has 0 amide bonds.